The molecule has 122 valence electrons. The summed E-state index contributed by atoms with van der Waals surface area (Å²) in [5.74, 6) is -1.54. The maximum Gasteiger partial charge on any atom is 0.206 e. The van der Waals surface area contributed by atoms with Crippen LogP contribution >= 0.6 is 11.6 Å². The van der Waals surface area contributed by atoms with Crippen molar-refractivity contribution in [1.82, 2.24) is 0 Å². The van der Waals surface area contributed by atoms with Crippen molar-refractivity contribution >= 4 is 23.5 Å². The van der Waals surface area contributed by atoms with Crippen LogP contribution in [-0.2, 0) is 0 Å². The van der Waals surface area contributed by atoms with Crippen molar-refractivity contribution in [2.24, 2.45) is 0 Å². The normalized spacial score (nSPS) is 11.0. The van der Waals surface area contributed by atoms with Crippen molar-refractivity contribution in [2.75, 3.05) is 6.61 Å². The summed E-state index contributed by atoms with van der Waals surface area (Å²) >= 11 is 5.92. The molecular weight excluding hydrogens is 333 g/mol. The standard InChI is InChI=1S/C18H13ClFNO3/c1-2-24-16-9-11(8-14(19)18(16)23)7-12(10-21)17(22)13-5-3-4-6-15(13)20/h3-9,23H,2H2,1H3/b12-7+. The average Bonchev–Trinajstić information content (AvgIpc) is 2.57. The third-order valence-electron chi connectivity index (χ3n) is 3.15. The van der Waals surface area contributed by atoms with E-state index in [0.717, 1.165) is 6.07 Å². The first-order chi connectivity index (χ1) is 11.5. The lowest BCUT2D eigenvalue weighted by Gasteiger charge is -2.08. The Hall–Kier alpha value is -2.84. The largest absolute Gasteiger partial charge is 0.503 e. The van der Waals surface area contributed by atoms with Gasteiger partial charge in [-0.05, 0) is 42.8 Å². The Morgan fingerprint density at radius 1 is 1.42 bits per heavy atom. The summed E-state index contributed by atoms with van der Waals surface area (Å²) in [6.45, 7) is 2.04. The molecule has 0 saturated heterocycles. The Kier molecular flexibility index (Phi) is 5.56. The molecule has 0 aliphatic rings. The second kappa shape index (κ2) is 7.62. The molecule has 2 aromatic rings. The van der Waals surface area contributed by atoms with Gasteiger partial charge >= 0.3 is 0 Å². The van der Waals surface area contributed by atoms with Gasteiger partial charge < -0.3 is 9.84 Å². The van der Waals surface area contributed by atoms with E-state index >= 15 is 0 Å². The lowest BCUT2D eigenvalue weighted by Crippen LogP contribution is -2.04. The second-order valence-electron chi connectivity index (χ2n) is 4.76. The molecule has 0 aromatic heterocycles. The predicted molar refractivity (Wildman–Crippen MR) is 88.6 cm³/mol. The third kappa shape index (κ3) is 3.73. The molecule has 2 rings (SSSR count). The molecule has 0 amide bonds. The van der Waals surface area contributed by atoms with Gasteiger partial charge in [-0.25, -0.2) is 4.39 Å². The topological polar surface area (TPSA) is 70.3 Å². The maximum atomic E-state index is 13.7. The predicted octanol–water partition coefficient (Wildman–Crippen LogP) is 4.37. The van der Waals surface area contributed by atoms with Crippen LogP contribution in [0.1, 0.15) is 22.8 Å². The number of hydrogen-bond acceptors (Lipinski definition) is 4. The summed E-state index contributed by atoms with van der Waals surface area (Å²) in [6.07, 6.45) is 1.27. The Morgan fingerprint density at radius 2 is 2.12 bits per heavy atom. The first-order valence-electron chi connectivity index (χ1n) is 7.04. The first kappa shape index (κ1) is 17.5. The van der Waals surface area contributed by atoms with Crippen LogP contribution in [0, 0.1) is 17.1 Å². The summed E-state index contributed by atoms with van der Waals surface area (Å²) in [6, 6.07) is 10.00. The van der Waals surface area contributed by atoms with Crippen LogP contribution in [0.25, 0.3) is 6.08 Å². The monoisotopic (exact) mass is 345 g/mol. The van der Waals surface area contributed by atoms with Gasteiger partial charge in [-0.15, -0.1) is 0 Å². The quantitative estimate of drug-likeness (QED) is 0.496. The highest BCUT2D eigenvalue weighted by molar-refractivity contribution is 6.32. The number of nitriles is 1. The highest BCUT2D eigenvalue weighted by atomic mass is 35.5. The van der Waals surface area contributed by atoms with E-state index in [1.165, 1.54) is 36.4 Å². The van der Waals surface area contributed by atoms with Crippen LogP contribution < -0.4 is 4.74 Å². The minimum absolute atomic E-state index is 0.0165. The van der Waals surface area contributed by atoms with Crippen molar-refractivity contribution < 1.29 is 19.0 Å². The number of ether oxygens (including phenoxy) is 1. The first-order valence-corrected chi connectivity index (χ1v) is 7.42. The molecule has 1 N–H and O–H groups in total. The molecule has 0 saturated carbocycles. The summed E-state index contributed by atoms with van der Waals surface area (Å²) in [5, 5.41) is 19.1. The molecule has 0 spiro atoms. The number of allylic oxidation sites excluding steroid dienone is 1. The number of aromatic hydroxyl groups is 1. The fraction of sp³-hybridized carbons (Fsp3) is 0.111. The number of phenols is 1. The fourth-order valence-corrected chi connectivity index (χ4v) is 2.27. The number of Topliss-reactive ketones (excluding diaryl/α,β-unsaturated/α-hetero) is 1. The van der Waals surface area contributed by atoms with Gasteiger partial charge in [0.15, 0.2) is 11.5 Å². The van der Waals surface area contributed by atoms with Crippen molar-refractivity contribution in [3.05, 3.63) is 63.9 Å². The highest BCUT2D eigenvalue weighted by Crippen LogP contribution is 2.36. The zero-order valence-electron chi connectivity index (χ0n) is 12.7. The van der Waals surface area contributed by atoms with Crippen LogP contribution in [0.4, 0.5) is 4.39 Å². The van der Waals surface area contributed by atoms with Gasteiger partial charge in [-0.1, -0.05) is 23.7 Å². The van der Waals surface area contributed by atoms with E-state index in [1.807, 2.05) is 0 Å². The lowest BCUT2D eigenvalue weighted by atomic mass is 10.0. The molecule has 0 heterocycles. The molecule has 4 nitrogen and oxygen atoms in total. The van der Waals surface area contributed by atoms with E-state index in [-0.39, 0.29) is 27.7 Å². The molecule has 0 atom stereocenters. The number of halogens is 2. The van der Waals surface area contributed by atoms with E-state index in [9.17, 15) is 19.6 Å². The van der Waals surface area contributed by atoms with E-state index < -0.39 is 11.6 Å². The Morgan fingerprint density at radius 3 is 2.75 bits per heavy atom. The zero-order chi connectivity index (χ0) is 17.7. The Bertz CT molecular complexity index is 856. The number of phenolic OH excluding ortho intramolecular Hbond substituents is 1. The number of ketones is 1. The Labute approximate surface area is 143 Å². The lowest BCUT2D eigenvalue weighted by molar-refractivity contribution is 0.103. The van der Waals surface area contributed by atoms with Crippen molar-refractivity contribution in [3.63, 3.8) is 0 Å². The number of rotatable bonds is 5. The molecule has 0 radical (unpaired) electrons. The van der Waals surface area contributed by atoms with Gasteiger partial charge in [-0.2, -0.15) is 5.26 Å². The van der Waals surface area contributed by atoms with Gasteiger partial charge in [0.2, 0.25) is 5.78 Å². The molecule has 0 aliphatic heterocycles. The van der Waals surface area contributed by atoms with E-state index in [0.29, 0.717) is 12.2 Å². The number of benzene rings is 2. The second-order valence-corrected chi connectivity index (χ2v) is 5.17. The SMILES string of the molecule is CCOc1cc(/C=C(\C#N)C(=O)c2ccccc2F)cc(Cl)c1O. The summed E-state index contributed by atoms with van der Waals surface area (Å²) in [5.41, 5.74) is -0.0769. The van der Waals surface area contributed by atoms with Crippen LogP contribution in [-0.4, -0.2) is 17.5 Å². The van der Waals surface area contributed by atoms with E-state index in [2.05, 4.69) is 0 Å². The van der Waals surface area contributed by atoms with Crippen molar-refractivity contribution in [1.29, 1.82) is 5.26 Å². The summed E-state index contributed by atoms with van der Waals surface area (Å²) < 4.78 is 19.0. The number of carbonyl (C=O) groups is 1. The van der Waals surface area contributed by atoms with Crippen LogP contribution in [0.2, 0.25) is 5.02 Å². The molecule has 6 heteroatoms. The average molecular weight is 346 g/mol. The van der Waals surface area contributed by atoms with Crippen LogP contribution in [0.15, 0.2) is 42.0 Å². The molecule has 0 unspecified atom stereocenters. The maximum absolute atomic E-state index is 13.7. The number of hydrogen-bond donors (Lipinski definition) is 1. The van der Waals surface area contributed by atoms with Crippen molar-refractivity contribution in [2.45, 2.75) is 6.92 Å². The van der Waals surface area contributed by atoms with Gasteiger partial charge in [0, 0.05) is 0 Å². The van der Waals surface area contributed by atoms with Gasteiger partial charge in [0.25, 0.3) is 0 Å². The Balaban J connectivity index is 2.46. The minimum atomic E-state index is -0.738. The van der Waals surface area contributed by atoms with E-state index in [4.69, 9.17) is 16.3 Å². The molecular formula is C18H13ClFNO3. The van der Waals surface area contributed by atoms with E-state index in [1.54, 1.807) is 13.0 Å². The van der Waals surface area contributed by atoms with Gasteiger partial charge in [-0.3, -0.25) is 4.79 Å². The summed E-state index contributed by atoms with van der Waals surface area (Å²) in [4.78, 5) is 12.3. The number of nitrogens with zero attached hydrogens (tertiary/aromatic N) is 1. The molecule has 0 fully saturated rings. The fourth-order valence-electron chi connectivity index (χ4n) is 2.05. The molecule has 0 bridgehead atoms. The van der Waals surface area contributed by atoms with Gasteiger partial charge in [0.05, 0.1) is 17.2 Å². The molecule has 24 heavy (non-hydrogen) atoms. The molecule has 0 aliphatic carbocycles. The third-order valence-corrected chi connectivity index (χ3v) is 3.43. The number of carbonyl (C=O) groups excluding carboxylic acids is 1. The van der Waals surface area contributed by atoms with Crippen LogP contribution in [0.5, 0.6) is 11.5 Å². The smallest absolute Gasteiger partial charge is 0.206 e. The van der Waals surface area contributed by atoms with Crippen molar-refractivity contribution in [3.8, 4) is 17.6 Å². The highest BCUT2D eigenvalue weighted by Gasteiger charge is 2.17. The minimum Gasteiger partial charge on any atom is -0.503 e. The van der Waals surface area contributed by atoms with Crippen LogP contribution in [0.3, 0.4) is 0 Å². The summed E-state index contributed by atoms with van der Waals surface area (Å²) in [7, 11) is 0. The van der Waals surface area contributed by atoms with Gasteiger partial charge in [0.1, 0.15) is 17.5 Å². The molecule has 2 aromatic carbocycles. The zero-order valence-corrected chi connectivity index (χ0v) is 13.5.